The Bertz CT molecular complexity index is 839. The third kappa shape index (κ3) is 3.86. The Morgan fingerprint density at radius 2 is 2.04 bits per heavy atom. The first-order chi connectivity index (χ1) is 12.3. The van der Waals surface area contributed by atoms with Crippen LogP contribution in [0.3, 0.4) is 0 Å². The van der Waals surface area contributed by atoms with E-state index < -0.39 is 30.3 Å². The summed E-state index contributed by atoms with van der Waals surface area (Å²) < 4.78 is 45.5. The zero-order valence-electron chi connectivity index (χ0n) is 13.4. The average Bonchev–Trinajstić information content (AvgIpc) is 3.06. The molecule has 0 radical (unpaired) electrons. The maximum Gasteiger partial charge on any atom is 0.416 e. The fourth-order valence-corrected chi connectivity index (χ4v) is 3.23. The first-order valence-corrected chi connectivity index (χ1v) is 8.63. The standard InChI is InChI=1S/C18H15BrF3NO3/c19-12-2-3-13(14(8-12)18(20,21)22)15(9-24)23-17(25)11-1-4-16-10(7-11)5-6-26-16/h1-4,7-8,15,24H,5-6,9H2,(H,23,25)/t15-/m1/s1. The zero-order chi connectivity index (χ0) is 18.9. The van der Waals surface area contributed by atoms with Gasteiger partial charge < -0.3 is 15.2 Å². The summed E-state index contributed by atoms with van der Waals surface area (Å²) in [5.74, 6) is 0.141. The molecule has 0 spiro atoms. The first-order valence-electron chi connectivity index (χ1n) is 7.83. The summed E-state index contributed by atoms with van der Waals surface area (Å²) in [5.41, 5.74) is 0.0748. The maximum atomic E-state index is 13.3. The number of carbonyl (C=O) groups is 1. The smallest absolute Gasteiger partial charge is 0.416 e. The lowest BCUT2D eigenvalue weighted by Crippen LogP contribution is -2.32. The van der Waals surface area contributed by atoms with Gasteiger partial charge in [0.1, 0.15) is 5.75 Å². The van der Waals surface area contributed by atoms with Crippen LogP contribution in [-0.4, -0.2) is 24.2 Å². The minimum atomic E-state index is -4.61. The lowest BCUT2D eigenvalue weighted by atomic mass is 9.99. The number of carbonyl (C=O) groups excluding carboxylic acids is 1. The van der Waals surface area contributed by atoms with Gasteiger partial charge in [0.05, 0.1) is 24.8 Å². The molecule has 0 saturated carbocycles. The lowest BCUT2D eigenvalue weighted by molar-refractivity contribution is -0.138. The molecule has 3 rings (SSSR count). The minimum Gasteiger partial charge on any atom is -0.493 e. The third-order valence-electron chi connectivity index (χ3n) is 4.14. The van der Waals surface area contributed by atoms with Crippen molar-refractivity contribution in [3.05, 3.63) is 63.1 Å². The van der Waals surface area contributed by atoms with Gasteiger partial charge in [0.15, 0.2) is 0 Å². The summed E-state index contributed by atoms with van der Waals surface area (Å²) >= 11 is 3.01. The van der Waals surface area contributed by atoms with E-state index in [9.17, 15) is 23.1 Å². The van der Waals surface area contributed by atoms with Crippen LogP contribution >= 0.6 is 15.9 Å². The highest BCUT2D eigenvalue weighted by Gasteiger charge is 2.35. The van der Waals surface area contributed by atoms with Crippen LogP contribution in [-0.2, 0) is 12.6 Å². The van der Waals surface area contributed by atoms with Gasteiger partial charge in [-0.05, 0) is 41.5 Å². The molecule has 0 saturated heterocycles. The highest BCUT2D eigenvalue weighted by molar-refractivity contribution is 9.10. The van der Waals surface area contributed by atoms with Gasteiger partial charge >= 0.3 is 6.18 Å². The second-order valence-corrected chi connectivity index (χ2v) is 6.77. The van der Waals surface area contributed by atoms with E-state index in [4.69, 9.17) is 4.74 Å². The van der Waals surface area contributed by atoms with E-state index in [2.05, 4.69) is 21.2 Å². The van der Waals surface area contributed by atoms with Crippen molar-refractivity contribution in [1.29, 1.82) is 0 Å². The molecule has 2 aromatic carbocycles. The van der Waals surface area contributed by atoms with Crippen molar-refractivity contribution < 1.29 is 27.8 Å². The molecule has 1 heterocycles. The van der Waals surface area contributed by atoms with Crippen molar-refractivity contribution in [3.63, 3.8) is 0 Å². The van der Waals surface area contributed by atoms with Crippen molar-refractivity contribution in [3.8, 4) is 5.75 Å². The maximum absolute atomic E-state index is 13.3. The number of aliphatic hydroxyl groups excluding tert-OH is 1. The van der Waals surface area contributed by atoms with Crippen LogP contribution in [0.1, 0.15) is 33.1 Å². The molecule has 0 unspecified atom stereocenters. The summed E-state index contributed by atoms with van der Waals surface area (Å²) in [6.07, 6.45) is -3.94. The number of hydrogen-bond acceptors (Lipinski definition) is 3. The van der Waals surface area contributed by atoms with E-state index in [1.165, 1.54) is 12.1 Å². The normalized spacial score (nSPS) is 14.5. The molecule has 0 bridgehead atoms. The lowest BCUT2D eigenvalue weighted by Gasteiger charge is -2.21. The van der Waals surface area contributed by atoms with Crippen LogP contribution < -0.4 is 10.1 Å². The number of amides is 1. The van der Waals surface area contributed by atoms with Crippen LogP contribution in [0.25, 0.3) is 0 Å². The molecule has 8 heteroatoms. The van der Waals surface area contributed by atoms with Gasteiger partial charge in [-0.15, -0.1) is 0 Å². The van der Waals surface area contributed by atoms with Gasteiger partial charge in [0.2, 0.25) is 0 Å². The van der Waals surface area contributed by atoms with Crippen molar-refractivity contribution >= 4 is 21.8 Å². The average molecular weight is 430 g/mol. The molecule has 138 valence electrons. The molecule has 2 aromatic rings. The predicted octanol–water partition coefficient (Wildman–Crippen LogP) is 3.87. The highest BCUT2D eigenvalue weighted by atomic mass is 79.9. The number of alkyl halides is 3. The second-order valence-electron chi connectivity index (χ2n) is 5.86. The van der Waals surface area contributed by atoms with Crippen LogP contribution in [0.15, 0.2) is 40.9 Å². The minimum absolute atomic E-state index is 0.193. The van der Waals surface area contributed by atoms with Gasteiger partial charge in [-0.1, -0.05) is 22.0 Å². The number of rotatable bonds is 4. The van der Waals surface area contributed by atoms with Gasteiger partial charge in [0.25, 0.3) is 5.91 Å². The van der Waals surface area contributed by atoms with E-state index in [-0.39, 0.29) is 10.0 Å². The number of halogens is 4. The Morgan fingerprint density at radius 3 is 2.73 bits per heavy atom. The van der Waals surface area contributed by atoms with Crippen LogP contribution in [0.2, 0.25) is 0 Å². The van der Waals surface area contributed by atoms with E-state index in [0.29, 0.717) is 24.3 Å². The number of aliphatic hydroxyl groups is 1. The highest BCUT2D eigenvalue weighted by Crippen LogP contribution is 2.36. The Labute approximate surface area is 156 Å². The molecule has 4 nitrogen and oxygen atoms in total. The molecule has 1 amide bonds. The molecule has 0 aliphatic carbocycles. The molecule has 0 aromatic heterocycles. The van der Waals surface area contributed by atoms with Crippen molar-refractivity contribution in [2.24, 2.45) is 0 Å². The van der Waals surface area contributed by atoms with Crippen molar-refractivity contribution in [2.75, 3.05) is 13.2 Å². The van der Waals surface area contributed by atoms with Crippen LogP contribution in [0.4, 0.5) is 13.2 Å². The summed E-state index contributed by atoms with van der Waals surface area (Å²) in [4.78, 5) is 12.5. The molecular weight excluding hydrogens is 415 g/mol. The van der Waals surface area contributed by atoms with Crippen molar-refractivity contribution in [1.82, 2.24) is 5.32 Å². The number of hydrogen-bond donors (Lipinski definition) is 2. The Morgan fingerprint density at radius 1 is 1.27 bits per heavy atom. The monoisotopic (exact) mass is 429 g/mol. The third-order valence-corrected chi connectivity index (χ3v) is 4.63. The van der Waals surface area contributed by atoms with E-state index in [1.807, 2.05) is 0 Å². The van der Waals surface area contributed by atoms with Gasteiger partial charge in [0, 0.05) is 16.5 Å². The number of ether oxygens (including phenoxy) is 1. The van der Waals surface area contributed by atoms with E-state index in [0.717, 1.165) is 11.6 Å². The molecule has 2 N–H and O–H groups in total. The van der Waals surface area contributed by atoms with Gasteiger partial charge in [-0.2, -0.15) is 13.2 Å². The first kappa shape index (κ1) is 18.7. The van der Waals surface area contributed by atoms with Crippen molar-refractivity contribution in [2.45, 2.75) is 18.6 Å². The molecular formula is C18H15BrF3NO3. The predicted molar refractivity (Wildman–Crippen MR) is 92.1 cm³/mol. The van der Waals surface area contributed by atoms with E-state index >= 15 is 0 Å². The molecule has 1 aliphatic heterocycles. The quantitative estimate of drug-likeness (QED) is 0.775. The Hall–Kier alpha value is -2.06. The Kier molecular flexibility index (Phi) is 5.24. The zero-order valence-corrected chi connectivity index (χ0v) is 15.0. The molecule has 26 heavy (non-hydrogen) atoms. The number of benzene rings is 2. The molecule has 1 atom stereocenters. The van der Waals surface area contributed by atoms with Gasteiger partial charge in [-0.3, -0.25) is 4.79 Å². The van der Waals surface area contributed by atoms with Crippen LogP contribution in [0, 0.1) is 0 Å². The summed E-state index contributed by atoms with van der Waals surface area (Å²) in [6.45, 7) is -0.127. The summed E-state index contributed by atoms with van der Waals surface area (Å²) in [5, 5.41) is 12.1. The van der Waals surface area contributed by atoms with E-state index in [1.54, 1.807) is 18.2 Å². The molecule has 1 aliphatic rings. The number of nitrogens with one attached hydrogen (secondary N) is 1. The largest absolute Gasteiger partial charge is 0.493 e. The summed E-state index contributed by atoms with van der Waals surface area (Å²) in [7, 11) is 0. The van der Waals surface area contributed by atoms with Gasteiger partial charge in [-0.25, -0.2) is 0 Å². The Balaban J connectivity index is 1.87. The second kappa shape index (κ2) is 7.28. The summed E-state index contributed by atoms with van der Waals surface area (Å²) in [6, 6.07) is 7.27. The fourth-order valence-electron chi connectivity index (χ4n) is 2.87. The SMILES string of the molecule is O=C(N[C@H](CO)c1ccc(Br)cc1C(F)(F)F)c1ccc2c(c1)CCO2. The number of fused-ring (bicyclic) bond motifs is 1. The molecule has 0 fully saturated rings. The van der Waals surface area contributed by atoms with Crippen LogP contribution in [0.5, 0.6) is 5.75 Å². The topological polar surface area (TPSA) is 58.6 Å². The fraction of sp³-hybridized carbons (Fsp3) is 0.278.